The van der Waals surface area contributed by atoms with Crippen molar-refractivity contribution in [3.8, 4) is 11.3 Å². The van der Waals surface area contributed by atoms with Crippen LogP contribution in [-0.2, 0) is 6.54 Å². The first kappa shape index (κ1) is 20.8. The average Bonchev–Trinajstić information content (AvgIpc) is 3.45. The standard InChI is InChI=1S/C25H20N4O3S/c30-29(31)19-11-9-18(10-12-19)21-13-14-22(32-21)24-23(20-8-4-5-15-26-20)27-25(33)28(24)16-17-6-2-1-3-7-17/h1-15,23-24H,16H2,(H,27,33)/t23-,24-/m0/s1. The van der Waals surface area contributed by atoms with Crippen LogP contribution in [0.3, 0.4) is 0 Å². The summed E-state index contributed by atoms with van der Waals surface area (Å²) in [6, 6.07) is 25.7. The maximum Gasteiger partial charge on any atom is 0.269 e. The fraction of sp³-hybridized carbons (Fsp3) is 0.120. The highest BCUT2D eigenvalue weighted by Gasteiger charge is 2.41. The number of nitro benzene ring substituents is 1. The monoisotopic (exact) mass is 456 g/mol. The van der Waals surface area contributed by atoms with Gasteiger partial charge in [0.1, 0.15) is 17.6 Å². The van der Waals surface area contributed by atoms with Gasteiger partial charge in [-0.15, -0.1) is 0 Å². The number of thiocarbonyl (C=S) groups is 1. The van der Waals surface area contributed by atoms with Crippen molar-refractivity contribution in [1.82, 2.24) is 15.2 Å². The molecule has 1 aliphatic heterocycles. The van der Waals surface area contributed by atoms with E-state index in [-0.39, 0.29) is 17.8 Å². The predicted molar refractivity (Wildman–Crippen MR) is 128 cm³/mol. The average molecular weight is 457 g/mol. The summed E-state index contributed by atoms with van der Waals surface area (Å²) >= 11 is 5.71. The number of non-ortho nitro benzene ring substituents is 1. The van der Waals surface area contributed by atoms with Crippen LogP contribution in [0.5, 0.6) is 0 Å². The largest absolute Gasteiger partial charge is 0.459 e. The van der Waals surface area contributed by atoms with Gasteiger partial charge in [-0.05, 0) is 54.2 Å². The van der Waals surface area contributed by atoms with Gasteiger partial charge in [0, 0.05) is 30.4 Å². The Morgan fingerprint density at radius 3 is 2.45 bits per heavy atom. The number of aromatic nitrogens is 1. The number of pyridine rings is 1. The zero-order valence-corrected chi connectivity index (χ0v) is 18.3. The molecule has 1 fully saturated rings. The molecule has 2 aromatic heterocycles. The predicted octanol–water partition coefficient (Wildman–Crippen LogP) is 5.42. The van der Waals surface area contributed by atoms with Gasteiger partial charge >= 0.3 is 0 Å². The van der Waals surface area contributed by atoms with E-state index in [1.54, 1.807) is 18.3 Å². The summed E-state index contributed by atoms with van der Waals surface area (Å²) in [5.74, 6) is 1.37. The summed E-state index contributed by atoms with van der Waals surface area (Å²) < 4.78 is 6.28. The van der Waals surface area contributed by atoms with Crippen molar-refractivity contribution in [2.24, 2.45) is 0 Å². The second-order valence-electron chi connectivity index (χ2n) is 7.75. The van der Waals surface area contributed by atoms with Crippen LogP contribution in [0.1, 0.15) is 29.1 Å². The molecule has 1 N–H and O–H groups in total. The van der Waals surface area contributed by atoms with Gasteiger partial charge in [0.15, 0.2) is 5.11 Å². The minimum atomic E-state index is -0.415. The topological polar surface area (TPSA) is 84.4 Å². The lowest BCUT2D eigenvalue weighted by molar-refractivity contribution is -0.384. The summed E-state index contributed by atoms with van der Waals surface area (Å²) in [7, 11) is 0. The van der Waals surface area contributed by atoms with Crippen LogP contribution in [-0.4, -0.2) is 19.9 Å². The Kier molecular flexibility index (Phi) is 5.58. The molecule has 0 radical (unpaired) electrons. The summed E-state index contributed by atoms with van der Waals surface area (Å²) in [5, 5.41) is 15.0. The first-order valence-electron chi connectivity index (χ1n) is 10.5. The lowest BCUT2D eigenvalue weighted by Gasteiger charge is -2.26. The summed E-state index contributed by atoms with van der Waals surface area (Å²) in [6.07, 6.45) is 1.77. The zero-order valence-electron chi connectivity index (χ0n) is 17.5. The molecule has 0 unspecified atom stereocenters. The van der Waals surface area contributed by atoms with Gasteiger partial charge in [-0.2, -0.15) is 0 Å². The van der Waals surface area contributed by atoms with E-state index in [1.807, 2.05) is 48.5 Å². The van der Waals surface area contributed by atoms with Gasteiger partial charge in [0.2, 0.25) is 0 Å². The Hall–Kier alpha value is -4.04. The third kappa shape index (κ3) is 4.20. The maximum atomic E-state index is 11.0. The highest BCUT2D eigenvalue weighted by molar-refractivity contribution is 7.80. The molecule has 3 heterocycles. The van der Waals surface area contributed by atoms with Crippen molar-refractivity contribution in [2.75, 3.05) is 0 Å². The van der Waals surface area contributed by atoms with Crippen molar-refractivity contribution in [1.29, 1.82) is 0 Å². The number of hydrogen-bond acceptors (Lipinski definition) is 5. The van der Waals surface area contributed by atoms with E-state index in [0.29, 0.717) is 17.4 Å². The van der Waals surface area contributed by atoms with Gasteiger partial charge < -0.3 is 14.6 Å². The van der Waals surface area contributed by atoms with Crippen molar-refractivity contribution < 1.29 is 9.34 Å². The van der Waals surface area contributed by atoms with Crippen molar-refractivity contribution in [2.45, 2.75) is 18.6 Å². The van der Waals surface area contributed by atoms with Gasteiger partial charge in [-0.1, -0.05) is 36.4 Å². The normalized spacial score (nSPS) is 17.7. The van der Waals surface area contributed by atoms with E-state index in [0.717, 1.165) is 22.6 Å². The third-order valence-corrected chi connectivity index (χ3v) is 6.03. The number of nitro groups is 1. The molecule has 164 valence electrons. The lowest BCUT2D eigenvalue weighted by atomic mass is 10.0. The summed E-state index contributed by atoms with van der Waals surface area (Å²) in [6.45, 7) is 0.619. The molecule has 2 aromatic carbocycles. The number of furan rings is 1. The van der Waals surface area contributed by atoms with Crippen LogP contribution in [0.4, 0.5) is 5.69 Å². The molecule has 0 aliphatic carbocycles. The van der Waals surface area contributed by atoms with Crippen molar-refractivity contribution >= 4 is 23.0 Å². The number of nitrogens with zero attached hydrogens (tertiary/aromatic N) is 3. The maximum absolute atomic E-state index is 11.0. The molecular weight excluding hydrogens is 436 g/mol. The molecule has 1 aliphatic rings. The fourth-order valence-corrected chi connectivity index (χ4v) is 4.38. The summed E-state index contributed by atoms with van der Waals surface area (Å²) in [5.41, 5.74) is 2.81. The Morgan fingerprint density at radius 2 is 1.76 bits per heavy atom. The van der Waals surface area contributed by atoms with Crippen molar-refractivity contribution in [3.63, 3.8) is 0 Å². The minimum Gasteiger partial charge on any atom is -0.459 e. The van der Waals surface area contributed by atoms with Crippen LogP contribution in [0.15, 0.2) is 95.5 Å². The molecule has 33 heavy (non-hydrogen) atoms. The van der Waals surface area contributed by atoms with Gasteiger partial charge in [0.25, 0.3) is 5.69 Å². The van der Waals surface area contributed by atoms with E-state index >= 15 is 0 Å². The van der Waals surface area contributed by atoms with E-state index in [2.05, 4.69) is 27.3 Å². The third-order valence-electron chi connectivity index (χ3n) is 5.67. The molecule has 0 saturated carbocycles. The lowest BCUT2D eigenvalue weighted by Crippen LogP contribution is -2.29. The SMILES string of the molecule is O=[N+]([O-])c1ccc(-c2ccc([C@H]3[C@H](c4ccccn4)NC(=S)N3Cc3ccccc3)o2)cc1. The molecule has 2 atom stereocenters. The Balaban J connectivity index is 1.51. The number of benzene rings is 2. The van der Waals surface area contributed by atoms with Gasteiger partial charge in [-0.25, -0.2) is 0 Å². The van der Waals surface area contributed by atoms with E-state index in [9.17, 15) is 10.1 Å². The van der Waals surface area contributed by atoms with Crippen LogP contribution >= 0.6 is 12.2 Å². The highest BCUT2D eigenvalue weighted by atomic mass is 32.1. The van der Waals surface area contributed by atoms with Crippen LogP contribution in [0, 0.1) is 10.1 Å². The number of hydrogen-bond donors (Lipinski definition) is 1. The molecular formula is C25H20N4O3S. The van der Waals surface area contributed by atoms with E-state index < -0.39 is 4.92 Å². The molecule has 0 amide bonds. The fourth-order valence-electron chi connectivity index (χ4n) is 4.08. The second kappa shape index (κ2) is 8.84. The van der Waals surface area contributed by atoms with Crippen molar-refractivity contribution in [3.05, 3.63) is 118 Å². The van der Waals surface area contributed by atoms with Crippen LogP contribution in [0.25, 0.3) is 11.3 Å². The molecule has 1 saturated heterocycles. The first-order chi connectivity index (χ1) is 16.1. The molecule has 0 bridgehead atoms. The zero-order chi connectivity index (χ0) is 22.8. The number of rotatable bonds is 6. The molecule has 8 heteroatoms. The molecule has 7 nitrogen and oxygen atoms in total. The van der Waals surface area contributed by atoms with Gasteiger partial charge in [-0.3, -0.25) is 15.1 Å². The first-order valence-corrected chi connectivity index (χ1v) is 10.9. The highest BCUT2D eigenvalue weighted by Crippen LogP contribution is 2.41. The second-order valence-corrected chi connectivity index (χ2v) is 8.13. The molecule has 4 aromatic rings. The Morgan fingerprint density at radius 1 is 1.00 bits per heavy atom. The van der Waals surface area contributed by atoms with E-state index in [1.165, 1.54) is 12.1 Å². The summed E-state index contributed by atoms with van der Waals surface area (Å²) in [4.78, 5) is 17.2. The van der Waals surface area contributed by atoms with Gasteiger partial charge in [0.05, 0.1) is 16.7 Å². The molecule has 5 rings (SSSR count). The Labute approximate surface area is 195 Å². The van der Waals surface area contributed by atoms with Crippen LogP contribution in [0.2, 0.25) is 0 Å². The van der Waals surface area contributed by atoms with E-state index in [4.69, 9.17) is 16.6 Å². The van der Waals surface area contributed by atoms with Crippen LogP contribution < -0.4 is 5.32 Å². The molecule has 0 spiro atoms. The smallest absolute Gasteiger partial charge is 0.269 e. The Bertz CT molecular complexity index is 1280. The number of nitrogens with one attached hydrogen (secondary N) is 1. The minimum absolute atomic E-state index is 0.0418. The quantitative estimate of drug-likeness (QED) is 0.235.